The smallest absolute Gasteiger partial charge is 0.223 e. The Labute approximate surface area is 122 Å². The fraction of sp³-hybridized carbons (Fsp3) is 0.643. The summed E-state index contributed by atoms with van der Waals surface area (Å²) >= 11 is 0. The Morgan fingerprint density at radius 2 is 1.84 bits per heavy atom. The van der Waals surface area contributed by atoms with Crippen LogP contribution in [0.3, 0.4) is 0 Å². The number of rotatable bonds is 8. The number of hydrogen-bond acceptors (Lipinski definition) is 3. The molecule has 1 rings (SSSR count). The molecule has 1 aliphatic rings. The first-order chi connectivity index (χ1) is 8.77. The Hall–Kier alpha value is -0.840. The van der Waals surface area contributed by atoms with E-state index < -0.39 is 0 Å². The van der Waals surface area contributed by atoms with Crippen LogP contribution < -0.4 is 10.6 Å². The van der Waals surface area contributed by atoms with Crippen LogP contribution in [0.5, 0.6) is 0 Å². The number of piperazine rings is 1. The predicted octanol–water partition coefficient (Wildman–Crippen LogP) is 1.20. The first-order valence-electron chi connectivity index (χ1n) is 6.70. The monoisotopic (exact) mass is 287 g/mol. The van der Waals surface area contributed by atoms with E-state index in [1.165, 1.54) is 0 Å². The predicted molar refractivity (Wildman–Crippen MR) is 82.7 cm³/mol. The SMILES string of the molecule is C=CCC(CC=C)C(=O)NCCN1CCNCC1.Cl. The van der Waals surface area contributed by atoms with Gasteiger partial charge in [-0.05, 0) is 12.8 Å². The fourth-order valence-electron chi connectivity index (χ4n) is 2.13. The molecule has 0 aliphatic carbocycles. The molecule has 0 radical (unpaired) electrons. The normalized spacial score (nSPS) is 15.6. The molecular weight excluding hydrogens is 262 g/mol. The van der Waals surface area contributed by atoms with Crippen LogP contribution in [0, 0.1) is 5.92 Å². The van der Waals surface area contributed by atoms with Crippen LogP contribution in [0.2, 0.25) is 0 Å². The van der Waals surface area contributed by atoms with Crippen LogP contribution in [-0.4, -0.2) is 50.1 Å². The number of nitrogens with zero attached hydrogens (tertiary/aromatic N) is 1. The molecule has 0 saturated carbocycles. The number of allylic oxidation sites excluding steroid dienone is 2. The van der Waals surface area contributed by atoms with E-state index in [-0.39, 0.29) is 24.2 Å². The Morgan fingerprint density at radius 3 is 2.37 bits per heavy atom. The van der Waals surface area contributed by atoms with Crippen LogP contribution in [0.1, 0.15) is 12.8 Å². The van der Waals surface area contributed by atoms with Crippen LogP contribution in [0.4, 0.5) is 0 Å². The maximum Gasteiger partial charge on any atom is 0.223 e. The van der Waals surface area contributed by atoms with Crippen molar-refractivity contribution in [3.63, 3.8) is 0 Å². The summed E-state index contributed by atoms with van der Waals surface area (Å²) in [6.07, 6.45) is 5.02. The van der Waals surface area contributed by atoms with Gasteiger partial charge in [0.05, 0.1) is 0 Å². The lowest BCUT2D eigenvalue weighted by Crippen LogP contribution is -2.46. The molecule has 19 heavy (non-hydrogen) atoms. The highest BCUT2D eigenvalue weighted by molar-refractivity contribution is 5.85. The Balaban J connectivity index is 0.00000324. The number of amides is 1. The minimum atomic E-state index is -0.0111. The number of nitrogens with one attached hydrogen (secondary N) is 2. The molecule has 1 fully saturated rings. The van der Waals surface area contributed by atoms with Gasteiger partial charge in [0.1, 0.15) is 0 Å². The van der Waals surface area contributed by atoms with Crippen molar-refractivity contribution in [2.24, 2.45) is 5.92 Å². The maximum atomic E-state index is 11.9. The van der Waals surface area contributed by atoms with Gasteiger partial charge in [0, 0.05) is 45.2 Å². The van der Waals surface area contributed by atoms with E-state index in [0.29, 0.717) is 12.8 Å². The molecule has 1 aliphatic heterocycles. The number of carbonyl (C=O) groups is 1. The Kier molecular flexibility index (Phi) is 10.5. The summed E-state index contributed by atoms with van der Waals surface area (Å²) < 4.78 is 0. The van der Waals surface area contributed by atoms with Gasteiger partial charge in [0.25, 0.3) is 0 Å². The highest BCUT2D eigenvalue weighted by Gasteiger charge is 2.15. The van der Waals surface area contributed by atoms with Crippen molar-refractivity contribution in [1.29, 1.82) is 0 Å². The van der Waals surface area contributed by atoms with E-state index in [9.17, 15) is 4.79 Å². The van der Waals surface area contributed by atoms with Crippen molar-refractivity contribution >= 4 is 18.3 Å². The van der Waals surface area contributed by atoms with Crippen LogP contribution in [0.15, 0.2) is 25.3 Å². The van der Waals surface area contributed by atoms with Crippen molar-refractivity contribution in [3.05, 3.63) is 25.3 Å². The fourth-order valence-corrected chi connectivity index (χ4v) is 2.13. The number of carbonyl (C=O) groups excluding carboxylic acids is 1. The molecule has 110 valence electrons. The molecule has 0 spiro atoms. The second kappa shape index (κ2) is 11.0. The molecule has 0 atom stereocenters. The van der Waals surface area contributed by atoms with E-state index in [1.807, 2.05) is 0 Å². The van der Waals surface area contributed by atoms with Crippen LogP contribution >= 0.6 is 12.4 Å². The summed E-state index contributed by atoms with van der Waals surface area (Å²) in [7, 11) is 0. The molecule has 0 unspecified atom stereocenters. The standard InChI is InChI=1S/C14H25N3O.ClH/c1-3-5-13(6-4-2)14(18)16-9-12-17-10-7-15-8-11-17;/h3-4,13,15H,1-2,5-12H2,(H,16,18);1H. The van der Waals surface area contributed by atoms with Gasteiger partial charge in [-0.3, -0.25) is 9.69 Å². The third-order valence-electron chi connectivity index (χ3n) is 3.21. The quantitative estimate of drug-likeness (QED) is 0.660. The van der Waals surface area contributed by atoms with Gasteiger partial charge < -0.3 is 10.6 Å². The Morgan fingerprint density at radius 1 is 1.26 bits per heavy atom. The maximum absolute atomic E-state index is 11.9. The minimum absolute atomic E-state index is 0. The van der Waals surface area contributed by atoms with Crippen molar-refractivity contribution in [1.82, 2.24) is 15.5 Å². The summed E-state index contributed by atoms with van der Waals surface area (Å²) in [5, 5.41) is 6.32. The molecule has 1 saturated heterocycles. The topological polar surface area (TPSA) is 44.4 Å². The average Bonchev–Trinajstić information content (AvgIpc) is 2.39. The summed E-state index contributed by atoms with van der Waals surface area (Å²) in [5.74, 6) is 0.105. The van der Waals surface area contributed by atoms with Gasteiger partial charge in [-0.1, -0.05) is 12.2 Å². The lowest BCUT2D eigenvalue weighted by atomic mass is 10.0. The second-order valence-electron chi connectivity index (χ2n) is 4.63. The molecular formula is C14H26ClN3O. The van der Waals surface area contributed by atoms with Crippen molar-refractivity contribution in [2.75, 3.05) is 39.3 Å². The lowest BCUT2D eigenvalue weighted by molar-refractivity contribution is -0.124. The van der Waals surface area contributed by atoms with Gasteiger partial charge in [-0.2, -0.15) is 0 Å². The van der Waals surface area contributed by atoms with Gasteiger partial charge in [-0.15, -0.1) is 25.6 Å². The zero-order valence-electron chi connectivity index (χ0n) is 11.6. The summed E-state index contributed by atoms with van der Waals surface area (Å²) in [5.41, 5.74) is 0. The summed E-state index contributed by atoms with van der Waals surface area (Å²) in [6, 6.07) is 0. The molecule has 0 aromatic carbocycles. The molecule has 0 aromatic heterocycles. The number of halogens is 1. The second-order valence-corrected chi connectivity index (χ2v) is 4.63. The molecule has 1 heterocycles. The third-order valence-corrected chi connectivity index (χ3v) is 3.21. The summed E-state index contributed by atoms with van der Waals surface area (Å²) in [4.78, 5) is 14.3. The van der Waals surface area contributed by atoms with Gasteiger partial charge in [0.15, 0.2) is 0 Å². The highest BCUT2D eigenvalue weighted by atomic mass is 35.5. The first-order valence-corrected chi connectivity index (χ1v) is 6.70. The van der Waals surface area contributed by atoms with Crippen LogP contribution in [0.25, 0.3) is 0 Å². The summed E-state index contributed by atoms with van der Waals surface area (Å²) in [6.45, 7) is 13.3. The minimum Gasteiger partial charge on any atom is -0.355 e. The lowest BCUT2D eigenvalue weighted by Gasteiger charge is -2.27. The molecule has 0 bridgehead atoms. The van der Waals surface area contributed by atoms with Crippen molar-refractivity contribution in [3.8, 4) is 0 Å². The zero-order chi connectivity index (χ0) is 13.2. The van der Waals surface area contributed by atoms with E-state index in [4.69, 9.17) is 0 Å². The number of hydrogen-bond donors (Lipinski definition) is 2. The average molecular weight is 288 g/mol. The van der Waals surface area contributed by atoms with Crippen molar-refractivity contribution in [2.45, 2.75) is 12.8 Å². The van der Waals surface area contributed by atoms with E-state index in [0.717, 1.165) is 39.3 Å². The highest BCUT2D eigenvalue weighted by Crippen LogP contribution is 2.09. The van der Waals surface area contributed by atoms with E-state index >= 15 is 0 Å². The van der Waals surface area contributed by atoms with Gasteiger partial charge >= 0.3 is 0 Å². The molecule has 5 heteroatoms. The molecule has 1 amide bonds. The molecule has 4 nitrogen and oxygen atoms in total. The van der Waals surface area contributed by atoms with Gasteiger partial charge in [-0.25, -0.2) is 0 Å². The first kappa shape index (κ1) is 18.2. The van der Waals surface area contributed by atoms with E-state index in [2.05, 4.69) is 28.7 Å². The van der Waals surface area contributed by atoms with Crippen LogP contribution in [-0.2, 0) is 4.79 Å². The molecule has 2 N–H and O–H groups in total. The largest absolute Gasteiger partial charge is 0.355 e. The van der Waals surface area contributed by atoms with E-state index in [1.54, 1.807) is 12.2 Å². The van der Waals surface area contributed by atoms with Crippen molar-refractivity contribution < 1.29 is 4.79 Å². The third kappa shape index (κ3) is 7.35. The Bertz CT molecular complexity index is 268. The van der Waals surface area contributed by atoms with Gasteiger partial charge in [0.2, 0.25) is 5.91 Å². The zero-order valence-corrected chi connectivity index (χ0v) is 12.4. The molecule has 0 aromatic rings.